The molecule has 0 bridgehead atoms. The van der Waals surface area contributed by atoms with Gasteiger partial charge in [-0.15, -0.1) is 6.58 Å². The smallest absolute Gasteiger partial charge is 0.107 e. The van der Waals surface area contributed by atoms with Gasteiger partial charge in [-0.05, 0) is 5.92 Å². The van der Waals surface area contributed by atoms with E-state index in [0.717, 1.165) is 0 Å². The van der Waals surface area contributed by atoms with Gasteiger partial charge in [0.25, 0.3) is 0 Å². The van der Waals surface area contributed by atoms with Crippen LogP contribution >= 0.6 is 15.9 Å². The maximum Gasteiger partial charge on any atom is 0.107 e. The first-order valence-electron chi connectivity index (χ1n) is 2.38. The van der Waals surface area contributed by atoms with Crippen molar-refractivity contribution in [2.24, 2.45) is 5.92 Å². The van der Waals surface area contributed by atoms with Crippen molar-refractivity contribution in [3.05, 3.63) is 12.7 Å². The minimum atomic E-state index is -0.0833. The van der Waals surface area contributed by atoms with Gasteiger partial charge in [-0.25, -0.2) is 0 Å². The maximum atomic E-state index is 8.29. The Morgan fingerprint density at radius 3 is 2.50 bits per heavy atom. The van der Waals surface area contributed by atoms with E-state index in [2.05, 4.69) is 28.6 Å². The van der Waals surface area contributed by atoms with Gasteiger partial charge in [-0.2, -0.15) is 5.26 Å². The molecule has 8 heavy (non-hydrogen) atoms. The van der Waals surface area contributed by atoms with Crippen molar-refractivity contribution in [1.82, 2.24) is 0 Å². The first kappa shape index (κ1) is 7.71. The minimum absolute atomic E-state index is 0.0833. The van der Waals surface area contributed by atoms with Crippen LogP contribution in [0.5, 0.6) is 0 Å². The van der Waals surface area contributed by atoms with E-state index in [1.54, 1.807) is 6.08 Å². The van der Waals surface area contributed by atoms with E-state index in [-0.39, 0.29) is 10.7 Å². The van der Waals surface area contributed by atoms with Gasteiger partial charge >= 0.3 is 0 Å². The van der Waals surface area contributed by atoms with E-state index in [0.29, 0.717) is 0 Å². The highest BCUT2D eigenvalue weighted by molar-refractivity contribution is 9.09. The van der Waals surface area contributed by atoms with Crippen molar-refractivity contribution >= 4 is 15.9 Å². The Bertz CT molecular complexity index is 114. The van der Waals surface area contributed by atoms with Crippen LogP contribution in [0.2, 0.25) is 0 Å². The second-order valence-electron chi connectivity index (χ2n) is 1.63. The molecule has 2 unspecified atom stereocenters. The number of alkyl halides is 1. The van der Waals surface area contributed by atoms with Crippen molar-refractivity contribution in [2.75, 3.05) is 0 Å². The lowest BCUT2D eigenvalue weighted by Crippen LogP contribution is -2.03. The third-order valence-corrected chi connectivity index (χ3v) is 2.00. The van der Waals surface area contributed by atoms with Crippen molar-refractivity contribution < 1.29 is 0 Å². The number of hydrogen-bond acceptors (Lipinski definition) is 1. The molecule has 2 heteroatoms. The average molecular weight is 174 g/mol. The molecule has 44 valence electrons. The zero-order chi connectivity index (χ0) is 6.57. The highest BCUT2D eigenvalue weighted by Crippen LogP contribution is 2.11. The maximum absolute atomic E-state index is 8.29. The second kappa shape index (κ2) is 3.68. The molecule has 0 radical (unpaired) electrons. The molecule has 0 aliphatic rings. The molecular formula is C6H8BrN. The van der Waals surface area contributed by atoms with E-state index >= 15 is 0 Å². The molecule has 0 saturated heterocycles. The topological polar surface area (TPSA) is 23.8 Å². The van der Waals surface area contributed by atoms with Gasteiger partial charge in [0, 0.05) is 0 Å². The van der Waals surface area contributed by atoms with Crippen LogP contribution < -0.4 is 0 Å². The van der Waals surface area contributed by atoms with Crippen LogP contribution in [-0.4, -0.2) is 4.83 Å². The Hall–Kier alpha value is -0.290. The van der Waals surface area contributed by atoms with Crippen LogP contribution in [0.25, 0.3) is 0 Å². The fourth-order valence-corrected chi connectivity index (χ4v) is 0.453. The quantitative estimate of drug-likeness (QED) is 0.464. The first-order valence-corrected chi connectivity index (χ1v) is 3.30. The molecule has 0 aromatic heterocycles. The SMILES string of the molecule is C=CC(C)C(Br)C#N. The van der Waals surface area contributed by atoms with Gasteiger partial charge in [0.15, 0.2) is 0 Å². The molecule has 0 amide bonds. The van der Waals surface area contributed by atoms with Gasteiger partial charge in [0.2, 0.25) is 0 Å². The molecular weight excluding hydrogens is 166 g/mol. The van der Waals surface area contributed by atoms with Crippen LogP contribution in [-0.2, 0) is 0 Å². The molecule has 0 spiro atoms. The minimum Gasteiger partial charge on any atom is -0.197 e. The second-order valence-corrected chi connectivity index (χ2v) is 2.61. The van der Waals surface area contributed by atoms with Crippen LogP contribution in [0.1, 0.15) is 6.92 Å². The summed E-state index contributed by atoms with van der Waals surface area (Å²) in [5, 5.41) is 8.29. The standard InChI is InChI=1S/C6H8BrN/c1-3-5(2)6(7)4-8/h3,5-6H,1H2,2H3. The Labute approximate surface area is 58.1 Å². The Morgan fingerprint density at radius 2 is 2.38 bits per heavy atom. The number of nitrogens with zero attached hydrogens (tertiary/aromatic N) is 1. The van der Waals surface area contributed by atoms with Crippen LogP contribution in [0.15, 0.2) is 12.7 Å². The lowest BCUT2D eigenvalue weighted by atomic mass is 10.1. The molecule has 0 N–H and O–H groups in total. The van der Waals surface area contributed by atoms with Crippen molar-refractivity contribution in [1.29, 1.82) is 5.26 Å². The highest BCUT2D eigenvalue weighted by Gasteiger charge is 2.06. The van der Waals surface area contributed by atoms with Crippen molar-refractivity contribution in [2.45, 2.75) is 11.8 Å². The molecule has 0 aromatic carbocycles. The summed E-state index contributed by atoms with van der Waals surface area (Å²) in [6, 6.07) is 2.06. The number of rotatable bonds is 2. The summed E-state index contributed by atoms with van der Waals surface area (Å²) in [6.45, 7) is 5.49. The molecule has 1 nitrogen and oxygen atoms in total. The van der Waals surface area contributed by atoms with Crippen LogP contribution in [0.3, 0.4) is 0 Å². The molecule has 0 aliphatic heterocycles. The monoisotopic (exact) mass is 173 g/mol. The zero-order valence-electron chi connectivity index (χ0n) is 4.76. The fraction of sp³-hybridized carbons (Fsp3) is 0.500. The van der Waals surface area contributed by atoms with Gasteiger partial charge < -0.3 is 0 Å². The lowest BCUT2D eigenvalue weighted by molar-refractivity contribution is 0.780. The predicted molar refractivity (Wildman–Crippen MR) is 37.7 cm³/mol. The summed E-state index contributed by atoms with van der Waals surface area (Å²) in [6.07, 6.45) is 1.75. The number of allylic oxidation sites excluding steroid dienone is 1. The number of nitriles is 1. The van der Waals surface area contributed by atoms with E-state index in [9.17, 15) is 0 Å². The molecule has 0 aromatic rings. The van der Waals surface area contributed by atoms with Crippen molar-refractivity contribution in [3.8, 4) is 6.07 Å². The van der Waals surface area contributed by atoms with E-state index in [1.165, 1.54) is 0 Å². The molecule has 0 fully saturated rings. The van der Waals surface area contributed by atoms with Gasteiger partial charge in [-0.1, -0.05) is 28.9 Å². The van der Waals surface area contributed by atoms with Crippen LogP contribution in [0, 0.1) is 17.2 Å². The third kappa shape index (κ3) is 2.13. The molecule has 0 heterocycles. The lowest BCUT2D eigenvalue weighted by Gasteiger charge is -2.02. The summed E-state index contributed by atoms with van der Waals surface area (Å²) in [7, 11) is 0. The van der Waals surface area contributed by atoms with Gasteiger partial charge in [-0.3, -0.25) is 0 Å². The van der Waals surface area contributed by atoms with Gasteiger partial charge in [0.1, 0.15) is 4.83 Å². The van der Waals surface area contributed by atoms with E-state index in [1.807, 2.05) is 6.92 Å². The van der Waals surface area contributed by atoms with Gasteiger partial charge in [0.05, 0.1) is 6.07 Å². The Kier molecular flexibility index (Phi) is 3.55. The largest absolute Gasteiger partial charge is 0.197 e. The average Bonchev–Trinajstić information content (AvgIpc) is 1.84. The Balaban J connectivity index is 3.66. The fourth-order valence-electron chi connectivity index (χ4n) is 0.237. The zero-order valence-corrected chi connectivity index (χ0v) is 6.35. The molecule has 0 saturated carbocycles. The molecule has 0 rings (SSSR count). The summed E-state index contributed by atoms with van der Waals surface area (Å²) >= 11 is 3.17. The first-order chi connectivity index (χ1) is 3.72. The summed E-state index contributed by atoms with van der Waals surface area (Å²) in [5.41, 5.74) is 0. The predicted octanol–water partition coefficient (Wildman–Crippen LogP) is 2.10. The normalized spacial score (nSPS) is 16.1. The third-order valence-electron chi connectivity index (χ3n) is 0.957. The molecule has 0 aliphatic carbocycles. The van der Waals surface area contributed by atoms with E-state index in [4.69, 9.17) is 5.26 Å². The molecule has 2 atom stereocenters. The number of halogens is 1. The van der Waals surface area contributed by atoms with E-state index < -0.39 is 0 Å². The van der Waals surface area contributed by atoms with Crippen LogP contribution in [0.4, 0.5) is 0 Å². The van der Waals surface area contributed by atoms with Crippen molar-refractivity contribution in [3.63, 3.8) is 0 Å². The number of hydrogen-bond donors (Lipinski definition) is 0. The summed E-state index contributed by atoms with van der Waals surface area (Å²) < 4.78 is 0. The Morgan fingerprint density at radius 1 is 1.88 bits per heavy atom. The summed E-state index contributed by atoms with van der Waals surface area (Å²) in [5.74, 6) is 0.236. The highest BCUT2D eigenvalue weighted by atomic mass is 79.9. The summed E-state index contributed by atoms with van der Waals surface area (Å²) in [4.78, 5) is -0.0833.